The zero-order valence-corrected chi connectivity index (χ0v) is 22.4. The Morgan fingerprint density at radius 3 is 2.56 bits per heavy atom. The molecule has 39 heavy (non-hydrogen) atoms. The third-order valence-electron chi connectivity index (χ3n) is 6.28. The van der Waals surface area contributed by atoms with Gasteiger partial charge in [-0.25, -0.2) is 4.39 Å². The molecule has 0 unspecified atom stereocenters. The molecule has 0 fully saturated rings. The van der Waals surface area contributed by atoms with Crippen LogP contribution in [0.2, 0.25) is 0 Å². The van der Waals surface area contributed by atoms with Gasteiger partial charge in [0.2, 0.25) is 17.7 Å². The Morgan fingerprint density at radius 2 is 1.82 bits per heavy atom. The zero-order valence-electron chi connectivity index (χ0n) is 22.4. The fraction of sp³-hybridized carbons (Fsp3) is 0.448. The molecule has 2 atom stereocenters. The lowest BCUT2D eigenvalue weighted by molar-refractivity contribution is -0.129. The lowest BCUT2D eigenvalue weighted by atomic mass is 10.0. The van der Waals surface area contributed by atoms with Crippen LogP contribution < -0.4 is 26.0 Å². The average Bonchev–Trinajstić information content (AvgIpc) is 2.90. The second kappa shape index (κ2) is 14.8. The molecule has 0 radical (unpaired) electrons. The van der Waals surface area contributed by atoms with E-state index in [4.69, 9.17) is 4.74 Å². The maximum absolute atomic E-state index is 13.2. The summed E-state index contributed by atoms with van der Waals surface area (Å²) in [4.78, 5) is 51.8. The fourth-order valence-electron chi connectivity index (χ4n) is 4.22. The number of fused-ring (bicyclic) bond motifs is 1. The third kappa shape index (κ3) is 9.70. The van der Waals surface area contributed by atoms with Crippen molar-refractivity contribution in [3.05, 3.63) is 65.5 Å². The molecule has 0 saturated carbocycles. The van der Waals surface area contributed by atoms with Gasteiger partial charge in [0, 0.05) is 19.5 Å². The van der Waals surface area contributed by atoms with Crippen LogP contribution in [0.5, 0.6) is 5.75 Å². The molecule has 2 aromatic rings. The average molecular weight is 541 g/mol. The maximum atomic E-state index is 13.2. The van der Waals surface area contributed by atoms with Crippen molar-refractivity contribution in [2.45, 2.75) is 58.0 Å². The van der Waals surface area contributed by atoms with Gasteiger partial charge in [-0.1, -0.05) is 38.1 Å². The minimum atomic E-state index is -1.00. The molecular weight excluding hydrogens is 503 g/mol. The molecule has 4 N–H and O–H groups in total. The number of ether oxygens (including phenoxy) is 1. The Hall–Kier alpha value is -3.95. The summed E-state index contributed by atoms with van der Waals surface area (Å²) in [6, 6.07) is 11.0. The Morgan fingerprint density at radius 1 is 1.08 bits per heavy atom. The van der Waals surface area contributed by atoms with Gasteiger partial charge in [-0.3, -0.25) is 19.2 Å². The van der Waals surface area contributed by atoms with Crippen LogP contribution in [0.15, 0.2) is 48.5 Å². The smallest absolute Gasteiger partial charge is 0.255 e. The first-order valence-corrected chi connectivity index (χ1v) is 13.3. The number of nitrogens with one attached hydrogen (secondary N) is 4. The van der Waals surface area contributed by atoms with Crippen molar-refractivity contribution < 1.29 is 28.3 Å². The van der Waals surface area contributed by atoms with Gasteiger partial charge < -0.3 is 26.0 Å². The van der Waals surface area contributed by atoms with E-state index in [1.165, 1.54) is 12.1 Å². The highest BCUT2D eigenvalue weighted by Gasteiger charge is 2.26. The van der Waals surface area contributed by atoms with Crippen molar-refractivity contribution in [2.24, 2.45) is 5.92 Å². The predicted molar refractivity (Wildman–Crippen MR) is 145 cm³/mol. The van der Waals surface area contributed by atoms with Crippen molar-refractivity contribution in [1.29, 1.82) is 0 Å². The molecule has 3 rings (SSSR count). The number of para-hydroxylation sites is 1. The van der Waals surface area contributed by atoms with Crippen molar-refractivity contribution in [1.82, 2.24) is 21.3 Å². The first-order chi connectivity index (χ1) is 18.7. The standard InChI is InChI=1S/C29H37FN4O5/c1-19(2)18-24-29(38)31-15-5-17-39-25-7-4-3-6-22(25)27(36)34-23(12-13-26(35)33-24)28(37)32-16-14-20-8-10-21(30)11-9-20/h3-4,6-11,19,23-24H,5,12-18H2,1-2H3,(H,31,38)(H,32,37)(H,33,35)(H,34,36)/t23-,24+/m0/s1. The summed E-state index contributed by atoms with van der Waals surface area (Å²) in [5.74, 6) is -1.41. The van der Waals surface area contributed by atoms with Gasteiger partial charge >= 0.3 is 0 Å². The summed E-state index contributed by atoms with van der Waals surface area (Å²) in [5.41, 5.74) is 1.11. The van der Waals surface area contributed by atoms with Crippen molar-refractivity contribution in [2.75, 3.05) is 19.7 Å². The number of amides is 4. The van der Waals surface area contributed by atoms with Gasteiger partial charge in [0.15, 0.2) is 0 Å². The molecule has 9 nitrogen and oxygen atoms in total. The molecule has 0 spiro atoms. The highest BCUT2D eigenvalue weighted by atomic mass is 19.1. The molecule has 0 saturated heterocycles. The van der Waals surface area contributed by atoms with Crippen LogP contribution in [-0.4, -0.2) is 55.4 Å². The van der Waals surface area contributed by atoms with Gasteiger partial charge in [-0.05, 0) is 61.4 Å². The predicted octanol–water partition coefficient (Wildman–Crippen LogP) is 2.49. The second-order valence-corrected chi connectivity index (χ2v) is 9.97. The monoisotopic (exact) mass is 540 g/mol. The molecule has 4 amide bonds. The third-order valence-corrected chi connectivity index (χ3v) is 6.28. The van der Waals surface area contributed by atoms with E-state index >= 15 is 0 Å². The van der Waals surface area contributed by atoms with Gasteiger partial charge in [0.05, 0.1) is 12.2 Å². The second-order valence-electron chi connectivity index (χ2n) is 9.97. The first kappa shape index (κ1) is 29.6. The number of rotatable bonds is 6. The number of benzene rings is 2. The van der Waals surface area contributed by atoms with E-state index in [0.717, 1.165) is 5.56 Å². The van der Waals surface area contributed by atoms with Gasteiger partial charge in [0.25, 0.3) is 5.91 Å². The van der Waals surface area contributed by atoms with Crippen LogP contribution in [0.1, 0.15) is 55.5 Å². The summed E-state index contributed by atoms with van der Waals surface area (Å²) in [6.07, 6.45) is 1.39. The van der Waals surface area contributed by atoms with Crippen LogP contribution in [0.25, 0.3) is 0 Å². The number of carbonyl (C=O) groups excluding carboxylic acids is 4. The van der Waals surface area contributed by atoms with E-state index in [9.17, 15) is 23.6 Å². The first-order valence-electron chi connectivity index (χ1n) is 13.3. The summed E-state index contributed by atoms with van der Waals surface area (Å²) in [5, 5.41) is 11.2. The minimum Gasteiger partial charge on any atom is -0.493 e. The van der Waals surface area contributed by atoms with Crippen molar-refractivity contribution in [3.63, 3.8) is 0 Å². The number of hydrogen-bond donors (Lipinski definition) is 4. The van der Waals surface area contributed by atoms with E-state index in [2.05, 4.69) is 21.3 Å². The quantitative estimate of drug-likeness (QED) is 0.448. The highest BCUT2D eigenvalue weighted by Crippen LogP contribution is 2.19. The fourth-order valence-corrected chi connectivity index (χ4v) is 4.22. The van der Waals surface area contributed by atoms with Crippen LogP contribution in [0.3, 0.4) is 0 Å². The largest absolute Gasteiger partial charge is 0.493 e. The number of hydrogen-bond acceptors (Lipinski definition) is 5. The lowest BCUT2D eigenvalue weighted by Crippen LogP contribution is -2.50. The molecule has 1 aliphatic rings. The molecule has 210 valence electrons. The highest BCUT2D eigenvalue weighted by molar-refractivity contribution is 5.99. The van der Waals surface area contributed by atoms with Crippen molar-refractivity contribution >= 4 is 23.6 Å². The van der Waals surface area contributed by atoms with Gasteiger partial charge in [-0.15, -0.1) is 0 Å². The summed E-state index contributed by atoms with van der Waals surface area (Å²) in [6.45, 7) is 4.81. The summed E-state index contributed by atoms with van der Waals surface area (Å²) in [7, 11) is 0. The Bertz CT molecular complexity index is 1140. The zero-order chi connectivity index (χ0) is 28.2. The molecule has 0 aromatic heterocycles. The van der Waals surface area contributed by atoms with E-state index in [1.54, 1.807) is 36.4 Å². The van der Waals surface area contributed by atoms with E-state index in [0.29, 0.717) is 31.6 Å². The molecule has 0 aliphatic carbocycles. The van der Waals surface area contributed by atoms with Gasteiger partial charge in [0.1, 0.15) is 23.7 Å². The SMILES string of the molecule is CC(C)C[C@H]1NC(=O)CC[C@@H](C(=O)NCCc2ccc(F)cc2)NC(=O)c2ccccc2OCCCNC1=O. The molecule has 1 heterocycles. The van der Waals surface area contributed by atoms with E-state index in [-0.39, 0.29) is 55.1 Å². The topological polar surface area (TPSA) is 126 Å². The van der Waals surface area contributed by atoms with Crippen molar-refractivity contribution in [3.8, 4) is 5.75 Å². The number of halogens is 1. The molecule has 0 bridgehead atoms. The Kier molecular flexibility index (Phi) is 11.3. The van der Waals surface area contributed by atoms with E-state index < -0.39 is 23.9 Å². The van der Waals surface area contributed by atoms with Crippen LogP contribution in [0, 0.1) is 11.7 Å². The van der Waals surface area contributed by atoms with Crippen LogP contribution in [0.4, 0.5) is 4.39 Å². The molecule has 2 aromatic carbocycles. The summed E-state index contributed by atoms with van der Waals surface area (Å²) < 4.78 is 19.0. The molecule has 1 aliphatic heterocycles. The Labute approximate surface area is 228 Å². The normalized spacial score (nSPS) is 19.2. The van der Waals surface area contributed by atoms with E-state index in [1.807, 2.05) is 13.8 Å². The van der Waals surface area contributed by atoms with Gasteiger partial charge in [-0.2, -0.15) is 0 Å². The van der Waals surface area contributed by atoms with Crippen LogP contribution >= 0.6 is 0 Å². The summed E-state index contributed by atoms with van der Waals surface area (Å²) >= 11 is 0. The Balaban J connectivity index is 1.75. The van der Waals surface area contributed by atoms with Crippen LogP contribution in [-0.2, 0) is 20.8 Å². The number of carbonyl (C=O) groups is 4. The minimum absolute atomic E-state index is 0.0268. The maximum Gasteiger partial charge on any atom is 0.255 e. The molecule has 10 heteroatoms. The molecular formula is C29H37FN4O5. The lowest BCUT2D eigenvalue weighted by Gasteiger charge is -2.22.